The van der Waals surface area contributed by atoms with Crippen LogP contribution in [0.25, 0.3) is 0 Å². The molecule has 9 nitrogen and oxygen atoms in total. The molecule has 0 bridgehead atoms. The van der Waals surface area contributed by atoms with Crippen molar-refractivity contribution in [1.82, 2.24) is 15.2 Å². The second-order valence-electron chi connectivity index (χ2n) is 9.33. The Morgan fingerprint density at radius 1 is 1.14 bits per heavy atom. The van der Waals surface area contributed by atoms with Crippen LogP contribution in [0, 0.1) is 5.41 Å². The molecule has 0 aromatic heterocycles. The summed E-state index contributed by atoms with van der Waals surface area (Å²) < 4.78 is 5.83. The molecule has 0 spiro atoms. The Kier molecular flexibility index (Phi) is 8.47. The quantitative estimate of drug-likeness (QED) is 0.477. The molecule has 0 aliphatic carbocycles. The Balaban J connectivity index is 1.52. The van der Waals surface area contributed by atoms with Crippen molar-refractivity contribution in [2.75, 3.05) is 33.3 Å². The number of nitrogens with two attached hydrogens (primary N) is 1. The highest BCUT2D eigenvalue weighted by atomic mass is 16.5. The summed E-state index contributed by atoms with van der Waals surface area (Å²) in [6.45, 7) is 1.10. The molecule has 2 aromatic rings. The Hall–Kier alpha value is -3.82. The molecule has 1 saturated heterocycles. The van der Waals surface area contributed by atoms with E-state index in [0.29, 0.717) is 26.0 Å². The molecule has 1 fully saturated rings. The summed E-state index contributed by atoms with van der Waals surface area (Å²) in [4.78, 5) is 41.2. The SMILES string of the molecule is CN1N=C2CCN(C(=O)C(COCc3ccccc3)NC(=O)/C=C/CN)CC2(Cc2ccccc2)C1=O. The normalized spacial score (nSPS) is 20.1. The summed E-state index contributed by atoms with van der Waals surface area (Å²) >= 11 is 0. The molecule has 4 rings (SSSR count). The van der Waals surface area contributed by atoms with Gasteiger partial charge in [0.1, 0.15) is 11.5 Å². The van der Waals surface area contributed by atoms with E-state index >= 15 is 0 Å². The van der Waals surface area contributed by atoms with E-state index < -0.39 is 17.4 Å². The summed E-state index contributed by atoms with van der Waals surface area (Å²) in [6, 6.07) is 18.4. The highest BCUT2D eigenvalue weighted by Crippen LogP contribution is 2.38. The lowest BCUT2D eigenvalue weighted by molar-refractivity contribution is -0.142. The number of likely N-dealkylation sites (tertiary alicyclic amines) is 1. The van der Waals surface area contributed by atoms with E-state index in [1.807, 2.05) is 60.7 Å². The number of piperidine rings is 1. The fourth-order valence-corrected chi connectivity index (χ4v) is 4.87. The van der Waals surface area contributed by atoms with Crippen molar-refractivity contribution in [3.05, 3.63) is 83.9 Å². The molecule has 2 heterocycles. The van der Waals surface area contributed by atoms with Crippen LogP contribution >= 0.6 is 0 Å². The number of amides is 3. The van der Waals surface area contributed by atoms with Crippen molar-refractivity contribution < 1.29 is 19.1 Å². The van der Waals surface area contributed by atoms with Gasteiger partial charge in [0.05, 0.1) is 18.9 Å². The van der Waals surface area contributed by atoms with Gasteiger partial charge in [-0.15, -0.1) is 0 Å². The number of carbonyl (C=O) groups is 3. The minimum absolute atomic E-state index is 0.00703. The smallest absolute Gasteiger partial charge is 0.256 e. The second-order valence-corrected chi connectivity index (χ2v) is 9.33. The van der Waals surface area contributed by atoms with Crippen LogP contribution in [0.5, 0.6) is 0 Å². The first kappa shape index (κ1) is 26.2. The minimum atomic E-state index is -0.928. The minimum Gasteiger partial charge on any atom is -0.374 e. The van der Waals surface area contributed by atoms with Crippen LogP contribution in [-0.2, 0) is 32.1 Å². The van der Waals surface area contributed by atoms with E-state index in [9.17, 15) is 14.4 Å². The number of fused-ring (bicyclic) bond motifs is 1. The molecule has 2 aromatic carbocycles. The fourth-order valence-electron chi connectivity index (χ4n) is 4.87. The zero-order valence-electron chi connectivity index (χ0n) is 21.0. The first-order valence-corrected chi connectivity index (χ1v) is 12.4. The van der Waals surface area contributed by atoms with E-state index in [0.717, 1.165) is 16.8 Å². The van der Waals surface area contributed by atoms with Gasteiger partial charge >= 0.3 is 0 Å². The molecule has 2 aliphatic rings. The van der Waals surface area contributed by atoms with E-state index in [-0.39, 0.29) is 31.5 Å². The summed E-state index contributed by atoms with van der Waals surface area (Å²) in [5.41, 5.74) is 7.29. The lowest BCUT2D eigenvalue weighted by Crippen LogP contribution is -2.59. The zero-order valence-corrected chi connectivity index (χ0v) is 21.0. The molecule has 3 N–H and O–H groups in total. The van der Waals surface area contributed by atoms with Gasteiger partial charge in [0.25, 0.3) is 5.91 Å². The molecule has 3 amide bonds. The highest BCUT2D eigenvalue weighted by Gasteiger charge is 2.53. The Labute approximate surface area is 216 Å². The van der Waals surface area contributed by atoms with E-state index in [1.165, 1.54) is 17.2 Å². The third-order valence-electron chi connectivity index (χ3n) is 6.68. The van der Waals surface area contributed by atoms with Crippen molar-refractivity contribution >= 4 is 23.4 Å². The number of ether oxygens (including phenoxy) is 1. The molecular weight excluding hydrogens is 470 g/mol. The molecule has 0 radical (unpaired) electrons. The van der Waals surface area contributed by atoms with Gasteiger partial charge in [-0.3, -0.25) is 14.4 Å². The Morgan fingerprint density at radius 3 is 2.49 bits per heavy atom. The maximum absolute atomic E-state index is 13.7. The van der Waals surface area contributed by atoms with Crippen molar-refractivity contribution in [2.45, 2.75) is 25.5 Å². The number of hydrogen-bond donors (Lipinski definition) is 2. The van der Waals surface area contributed by atoms with Gasteiger partial charge in [-0.1, -0.05) is 66.7 Å². The van der Waals surface area contributed by atoms with Crippen LogP contribution in [0.1, 0.15) is 17.5 Å². The van der Waals surface area contributed by atoms with Crippen LogP contribution in [-0.4, -0.2) is 72.7 Å². The molecule has 2 atom stereocenters. The predicted molar refractivity (Wildman–Crippen MR) is 140 cm³/mol. The van der Waals surface area contributed by atoms with Gasteiger partial charge in [-0.2, -0.15) is 5.10 Å². The molecule has 0 saturated carbocycles. The van der Waals surface area contributed by atoms with Gasteiger partial charge in [-0.25, -0.2) is 5.01 Å². The number of benzene rings is 2. The first-order valence-electron chi connectivity index (χ1n) is 12.4. The average Bonchev–Trinajstić information content (AvgIpc) is 3.16. The zero-order chi connectivity index (χ0) is 26.3. The summed E-state index contributed by atoms with van der Waals surface area (Å²) in [6.07, 6.45) is 3.76. The third kappa shape index (κ3) is 6.12. The molecule has 2 aliphatic heterocycles. The van der Waals surface area contributed by atoms with E-state index in [4.69, 9.17) is 10.5 Å². The van der Waals surface area contributed by atoms with E-state index in [1.54, 1.807) is 11.9 Å². The van der Waals surface area contributed by atoms with E-state index in [2.05, 4.69) is 10.4 Å². The third-order valence-corrected chi connectivity index (χ3v) is 6.68. The molecule has 37 heavy (non-hydrogen) atoms. The number of hydrogen-bond acceptors (Lipinski definition) is 6. The van der Waals surface area contributed by atoms with Crippen LogP contribution in [0.15, 0.2) is 77.9 Å². The number of carbonyl (C=O) groups excluding carboxylic acids is 3. The maximum atomic E-state index is 13.7. The second kappa shape index (κ2) is 11.9. The number of nitrogens with zero attached hydrogens (tertiary/aromatic N) is 3. The number of nitrogens with one attached hydrogen (secondary N) is 1. The van der Waals surface area contributed by atoms with Crippen LogP contribution in [0.3, 0.4) is 0 Å². The first-order chi connectivity index (χ1) is 17.9. The number of rotatable bonds is 10. The summed E-state index contributed by atoms with van der Waals surface area (Å²) in [7, 11) is 1.65. The highest BCUT2D eigenvalue weighted by molar-refractivity contribution is 6.13. The monoisotopic (exact) mass is 503 g/mol. The predicted octanol–water partition coefficient (Wildman–Crippen LogP) is 1.49. The van der Waals surface area contributed by atoms with Crippen molar-refractivity contribution in [3.8, 4) is 0 Å². The molecule has 194 valence electrons. The Morgan fingerprint density at radius 2 is 1.81 bits per heavy atom. The van der Waals surface area contributed by atoms with Crippen molar-refractivity contribution in [3.63, 3.8) is 0 Å². The largest absolute Gasteiger partial charge is 0.374 e. The van der Waals surface area contributed by atoms with Gasteiger partial charge in [0, 0.05) is 39.2 Å². The Bertz CT molecular complexity index is 1170. The average molecular weight is 504 g/mol. The molecule has 9 heteroatoms. The molecular formula is C28H33N5O4. The topological polar surface area (TPSA) is 117 Å². The van der Waals surface area contributed by atoms with Gasteiger partial charge in [-0.05, 0) is 17.5 Å². The lowest BCUT2D eigenvalue weighted by Gasteiger charge is -2.40. The van der Waals surface area contributed by atoms with Gasteiger partial charge < -0.3 is 20.7 Å². The fraction of sp³-hybridized carbons (Fsp3) is 0.357. The van der Waals surface area contributed by atoms with Crippen molar-refractivity contribution in [2.24, 2.45) is 16.3 Å². The maximum Gasteiger partial charge on any atom is 0.256 e. The van der Waals surface area contributed by atoms with Crippen LogP contribution in [0.2, 0.25) is 0 Å². The van der Waals surface area contributed by atoms with Crippen molar-refractivity contribution in [1.29, 1.82) is 0 Å². The van der Waals surface area contributed by atoms with Crippen LogP contribution in [0.4, 0.5) is 0 Å². The summed E-state index contributed by atoms with van der Waals surface area (Å²) in [5, 5.41) is 8.65. The van der Waals surface area contributed by atoms with Gasteiger partial charge in [0.15, 0.2) is 0 Å². The van der Waals surface area contributed by atoms with Gasteiger partial charge in [0.2, 0.25) is 11.8 Å². The summed E-state index contributed by atoms with van der Waals surface area (Å²) in [5.74, 6) is -0.853. The van der Waals surface area contributed by atoms with Crippen LogP contribution < -0.4 is 11.1 Å². The lowest BCUT2D eigenvalue weighted by atomic mass is 9.73. The molecule has 2 unspecified atom stereocenters. The standard InChI is InChI=1S/C28H33N5O4/c1-32-27(36)28(17-21-9-4-2-5-10-21)20-33(16-14-24(28)31-32)26(35)23(30-25(34)13-8-15-29)19-37-18-22-11-6-3-7-12-22/h2-13,23H,14-20,29H2,1H3,(H,30,34)/b13-8+. The number of hydrazone groups is 1.